The van der Waals surface area contributed by atoms with Crippen molar-refractivity contribution in [2.75, 3.05) is 0 Å². The lowest BCUT2D eigenvalue weighted by Crippen LogP contribution is -2.15. The molecule has 0 saturated heterocycles. The maximum absolute atomic E-state index is 9.49. The zero-order valence-corrected chi connectivity index (χ0v) is 9.33. The summed E-state index contributed by atoms with van der Waals surface area (Å²) in [5.41, 5.74) is 0.401. The number of nitrogens with zero attached hydrogens (tertiary/aromatic N) is 1. The lowest BCUT2D eigenvalue weighted by molar-refractivity contribution is 0.0527. The predicted molar refractivity (Wildman–Crippen MR) is 55.7 cm³/mol. The van der Waals surface area contributed by atoms with Gasteiger partial charge < -0.3 is 10.2 Å². The van der Waals surface area contributed by atoms with E-state index in [1.54, 1.807) is 18.2 Å². The van der Waals surface area contributed by atoms with Crippen molar-refractivity contribution in [2.45, 2.75) is 12.2 Å². The van der Waals surface area contributed by atoms with Crippen LogP contribution in [0.3, 0.4) is 0 Å². The fourth-order valence-corrected chi connectivity index (χ4v) is 1.89. The molecule has 2 unspecified atom stereocenters. The normalized spacial score (nSPS) is 14.5. The van der Waals surface area contributed by atoms with E-state index in [0.29, 0.717) is 15.1 Å². The van der Waals surface area contributed by atoms with E-state index in [1.165, 1.54) is 6.07 Å². The van der Waals surface area contributed by atoms with Crippen molar-refractivity contribution in [3.05, 3.63) is 33.3 Å². The van der Waals surface area contributed by atoms with E-state index in [2.05, 4.69) is 15.9 Å². The molecular formula is C9H7BrClNO2. The highest BCUT2D eigenvalue weighted by molar-refractivity contribution is 9.10. The van der Waals surface area contributed by atoms with Crippen molar-refractivity contribution >= 4 is 27.5 Å². The summed E-state index contributed by atoms with van der Waals surface area (Å²) in [6, 6.07) is 6.29. The van der Waals surface area contributed by atoms with Gasteiger partial charge in [0.15, 0.2) is 6.10 Å². The molecule has 0 saturated carbocycles. The second kappa shape index (κ2) is 4.76. The van der Waals surface area contributed by atoms with Gasteiger partial charge in [0, 0.05) is 9.50 Å². The number of aliphatic hydroxyl groups is 2. The van der Waals surface area contributed by atoms with Crippen LogP contribution in [-0.2, 0) is 0 Å². The highest BCUT2D eigenvalue weighted by atomic mass is 79.9. The molecule has 0 bridgehead atoms. The number of rotatable bonds is 2. The Hall–Kier alpha value is -0.600. The molecule has 0 spiro atoms. The Morgan fingerprint density at radius 3 is 2.50 bits per heavy atom. The zero-order valence-electron chi connectivity index (χ0n) is 6.98. The van der Waals surface area contributed by atoms with E-state index in [1.807, 2.05) is 0 Å². The molecule has 14 heavy (non-hydrogen) atoms. The fourth-order valence-electron chi connectivity index (χ4n) is 0.999. The van der Waals surface area contributed by atoms with Crippen molar-refractivity contribution in [3.63, 3.8) is 0 Å². The van der Waals surface area contributed by atoms with E-state index in [9.17, 15) is 5.11 Å². The molecule has 0 amide bonds. The molecule has 0 heterocycles. The third-order valence-corrected chi connectivity index (χ3v) is 2.33. The molecule has 0 aliphatic heterocycles. The monoisotopic (exact) mass is 275 g/mol. The summed E-state index contributed by atoms with van der Waals surface area (Å²) in [4.78, 5) is 0. The van der Waals surface area contributed by atoms with Crippen LogP contribution in [-0.4, -0.2) is 16.3 Å². The number of aliphatic hydroxyl groups excluding tert-OH is 2. The maximum Gasteiger partial charge on any atom is 0.170 e. The van der Waals surface area contributed by atoms with E-state index in [-0.39, 0.29) is 0 Å². The minimum Gasteiger partial charge on any atom is -0.385 e. The Kier molecular flexibility index (Phi) is 3.90. The summed E-state index contributed by atoms with van der Waals surface area (Å²) in [7, 11) is 0. The highest BCUT2D eigenvalue weighted by Crippen LogP contribution is 2.25. The van der Waals surface area contributed by atoms with Crippen LogP contribution in [0.2, 0.25) is 5.02 Å². The Bertz CT molecular complexity index is 357. The van der Waals surface area contributed by atoms with E-state index in [0.717, 1.165) is 0 Å². The molecule has 1 rings (SSSR count). The summed E-state index contributed by atoms with van der Waals surface area (Å²) < 4.78 is 0.684. The average molecular weight is 277 g/mol. The SMILES string of the molecule is N#CC(O)C(O)c1cc(Cl)cc(Br)c1. The van der Waals surface area contributed by atoms with Gasteiger partial charge in [-0.05, 0) is 23.8 Å². The van der Waals surface area contributed by atoms with Crippen molar-refractivity contribution in [1.82, 2.24) is 0 Å². The van der Waals surface area contributed by atoms with Gasteiger partial charge in [-0.3, -0.25) is 0 Å². The molecule has 0 aliphatic rings. The van der Waals surface area contributed by atoms with Gasteiger partial charge in [-0.1, -0.05) is 27.5 Å². The molecule has 2 atom stereocenters. The average Bonchev–Trinajstić information content (AvgIpc) is 2.14. The van der Waals surface area contributed by atoms with Gasteiger partial charge in [0.2, 0.25) is 0 Å². The Balaban J connectivity index is 3.02. The molecule has 0 aromatic heterocycles. The molecule has 0 radical (unpaired) electrons. The van der Waals surface area contributed by atoms with Crippen LogP contribution in [0.25, 0.3) is 0 Å². The summed E-state index contributed by atoms with van der Waals surface area (Å²) in [5, 5.41) is 27.4. The van der Waals surface area contributed by atoms with Crippen LogP contribution < -0.4 is 0 Å². The Morgan fingerprint density at radius 1 is 1.36 bits per heavy atom. The van der Waals surface area contributed by atoms with Gasteiger partial charge in [0.1, 0.15) is 6.10 Å². The summed E-state index contributed by atoms with van der Waals surface area (Å²) >= 11 is 8.93. The number of hydrogen-bond donors (Lipinski definition) is 2. The minimum atomic E-state index is -1.44. The summed E-state index contributed by atoms with van der Waals surface area (Å²) in [6.45, 7) is 0. The molecule has 1 aromatic carbocycles. The summed E-state index contributed by atoms with van der Waals surface area (Å²) in [6.07, 6.45) is -2.68. The second-order valence-electron chi connectivity index (χ2n) is 2.72. The van der Waals surface area contributed by atoms with Crippen molar-refractivity contribution < 1.29 is 10.2 Å². The van der Waals surface area contributed by atoms with E-state index < -0.39 is 12.2 Å². The minimum absolute atomic E-state index is 0.401. The highest BCUT2D eigenvalue weighted by Gasteiger charge is 2.18. The third kappa shape index (κ3) is 2.69. The van der Waals surface area contributed by atoms with Gasteiger partial charge in [-0.15, -0.1) is 0 Å². The van der Waals surface area contributed by atoms with Gasteiger partial charge in [0.05, 0.1) is 6.07 Å². The zero-order chi connectivity index (χ0) is 10.7. The predicted octanol–water partition coefficient (Wildman–Crippen LogP) is 2.02. The van der Waals surface area contributed by atoms with E-state index >= 15 is 0 Å². The lowest BCUT2D eigenvalue weighted by Gasteiger charge is -2.12. The van der Waals surface area contributed by atoms with E-state index in [4.69, 9.17) is 22.0 Å². The van der Waals surface area contributed by atoms with Gasteiger partial charge in [-0.2, -0.15) is 5.26 Å². The quantitative estimate of drug-likeness (QED) is 0.812. The number of nitriles is 1. The molecule has 3 nitrogen and oxygen atoms in total. The number of hydrogen-bond acceptors (Lipinski definition) is 3. The standard InChI is InChI=1S/C9H7BrClNO2/c10-6-1-5(2-7(11)3-6)9(14)8(13)4-12/h1-3,8-9,13-14H. The molecule has 1 aromatic rings. The number of halogens is 2. The third-order valence-electron chi connectivity index (χ3n) is 1.66. The van der Waals surface area contributed by atoms with Crippen LogP contribution >= 0.6 is 27.5 Å². The van der Waals surface area contributed by atoms with Crippen LogP contribution in [0.15, 0.2) is 22.7 Å². The molecule has 0 fully saturated rings. The van der Waals surface area contributed by atoms with Gasteiger partial charge >= 0.3 is 0 Å². The Labute approximate surface area is 94.7 Å². The lowest BCUT2D eigenvalue weighted by atomic mass is 10.1. The fraction of sp³-hybridized carbons (Fsp3) is 0.222. The first-order valence-electron chi connectivity index (χ1n) is 3.76. The number of benzene rings is 1. The first kappa shape index (κ1) is 11.5. The summed E-state index contributed by atoms with van der Waals surface area (Å²) in [5.74, 6) is 0. The topological polar surface area (TPSA) is 64.2 Å². The molecule has 0 aliphatic carbocycles. The molecule has 74 valence electrons. The first-order valence-corrected chi connectivity index (χ1v) is 4.93. The largest absolute Gasteiger partial charge is 0.385 e. The van der Waals surface area contributed by atoms with Crippen LogP contribution in [0.4, 0.5) is 0 Å². The molecule has 2 N–H and O–H groups in total. The van der Waals surface area contributed by atoms with Crippen molar-refractivity contribution in [3.8, 4) is 6.07 Å². The van der Waals surface area contributed by atoms with Crippen LogP contribution in [0, 0.1) is 11.3 Å². The van der Waals surface area contributed by atoms with Crippen molar-refractivity contribution in [1.29, 1.82) is 5.26 Å². The van der Waals surface area contributed by atoms with Crippen LogP contribution in [0.1, 0.15) is 11.7 Å². The van der Waals surface area contributed by atoms with Gasteiger partial charge in [-0.25, -0.2) is 0 Å². The smallest absolute Gasteiger partial charge is 0.170 e. The molecule has 5 heteroatoms. The first-order chi connectivity index (χ1) is 6.54. The van der Waals surface area contributed by atoms with Crippen molar-refractivity contribution in [2.24, 2.45) is 0 Å². The van der Waals surface area contributed by atoms with Gasteiger partial charge in [0.25, 0.3) is 0 Å². The van der Waals surface area contributed by atoms with Crippen LogP contribution in [0.5, 0.6) is 0 Å². The second-order valence-corrected chi connectivity index (χ2v) is 4.07. The Morgan fingerprint density at radius 2 is 2.00 bits per heavy atom. The molecular weight excluding hydrogens is 269 g/mol. The maximum atomic E-state index is 9.49.